The Labute approximate surface area is 126 Å². The first-order valence-electron chi connectivity index (χ1n) is 6.05. The van der Waals surface area contributed by atoms with E-state index < -0.39 is 27.2 Å². The Balaban J connectivity index is 2.52. The van der Waals surface area contributed by atoms with Crippen LogP contribution in [0.2, 0.25) is 0 Å². The fourth-order valence-electron chi connectivity index (χ4n) is 2.27. The summed E-state index contributed by atoms with van der Waals surface area (Å²) >= 11 is 5.11. The molecule has 116 valence electrons. The highest BCUT2D eigenvalue weighted by atomic mass is 32.2. The second-order valence-corrected chi connectivity index (χ2v) is 7.69. The molecule has 0 aliphatic heterocycles. The van der Waals surface area contributed by atoms with E-state index in [1.807, 2.05) is 0 Å². The summed E-state index contributed by atoms with van der Waals surface area (Å²) in [6.45, 7) is 3.44. The maximum Gasteiger partial charge on any atom is 0.209 e. The first-order valence-corrected chi connectivity index (χ1v) is 8.35. The van der Waals surface area contributed by atoms with Crippen molar-refractivity contribution in [2.24, 2.45) is 0 Å². The van der Waals surface area contributed by atoms with Crippen molar-refractivity contribution in [1.29, 1.82) is 0 Å². The average molecular weight is 335 g/mol. The monoisotopic (exact) mass is 335 g/mol. The number of H-pyrrole nitrogens is 1. The zero-order chi connectivity index (χ0) is 16.0. The van der Waals surface area contributed by atoms with Crippen molar-refractivity contribution in [2.75, 3.05) is 6.26 Å². The van der Waals surface area contributed by atoms with Crippen molar-refractivity contribution in [3.8, 4) is 0 Å². The number of aromatic amines is 1. The Morgan fingerprint density at radius 2 is 2.00 bits per heavy atom. The van der Waals surface area contributed by atoms with E-state index in [1.54, 1.807) is 13.8 Å². The van der Waals surface area contributed by atoms with E-state index in [9.17, 15) is 17.2 Å². The molecule has 2 N–H and O–H groups in total. The van der Waals surface area contributed by atoms with Crippen molar-refractivity contribution in [2.45, 2.75) is 25.9 Å². The van der Waals surface area contributed by atoms with Crippen LogP contribution in [0.1, 0.15) is 13.8 Å². The minimum atomic E-state index is -3.42. The molecule has 0 aliphatic rings. The first kappa shape index (κ1) is 16.1. The van der Waals surface area contributed by atoms with Gasteiger partial charge in [0.25, 0.3) is 0 Å². The van der Waals surface area contributed by atoms with Crippen LogP contribution in [0.5, 0.6) is 0 Å². The molecule has 21 heavy (non-hydrogen) atoms. The summed E-state index contributed by atoms with van der Waals surface area (Å²) in [5.74, 6) is -1.47. The van der Waals surface area contributed by atoms with Crippen molar-refractivity contribution in [3.05, 3.63) is 28.5 Å². The highest BCUT2D eigenvalue weighted by Crippen LogP contribution is 2.21. The lowest BCUT2D eigenvalue weighted by atomic mass is 10.1. The minimum absolute atomic E-state index is 0.0940. The molecule has 0 spiro atoms. The summed E-state index contributed by atoms with van der Waals surface area (Å²) in [5, 5.41) is 0. The third-order valence-corrected chi connectivity index (χ3v) is 4.06. The second kappa shape index (κ2) is 5.15. The highest BCUT2D eigenvalue weighted by molar-refractivity contribution is 7.88. The van der Waals surface area contributed by atoms with E-state index in [0.717, 1.165) is 18.4 Å². The molecule has 2 aromatic rings. The molecule has 0 radical (unpaired) electrons. The number of imidazole rings is 1. The van der Waals surface area contributed by atoms with Crippen LogP contribution in [0.3, 0.4) is 0 Å². The van der Waals surface area contributed by atoms with E-state index in [-0.39, 0.29) is 22.3 Å². The van der Waals surface area contributed by atoms with Gasteiger partial charge in [-0.05, 0) is 32.1 Å². The van der Waals surface area contributed by atoms with Gasteiger partial charge in [0.2, 0.25) is 10.0 Å². The van der Waals surface area contributed by atoms with Gasteiger partial charge in [-0.15, -0.1) is 0 Å². The van der Waals surface area contributed by atoms with Gasteiger partial charge in [-0.1, -0.05) is 0 Å². The summed E-state index contributed by atoms with van der Waals surface area (Å²) in [6.07, 6.45) is 1.04. The Kier molecular flexibility index (Phi) is 3.94. The van der Waals surface area contributed by atoms with Gasteiger partial charge < -0.3 is 9.55 Å². The summed E-state index contributed by atoms with van der Waals surface area (Å²) in [4.78, 5) is 2.67. The topological polar surface area (TPSA) is 66.9 Å². The molecule has 0 amide bonds. The molecule has 1 aromatic carbocycles. The van der Waals surface area contributed by atoms with Gasteiger partial charge >= 0.3 is 0 Å². The van der Waals surface area contributed by atoms with Crippen molar-refractivity contribution in [3.63, 3.8) is 0 Å². The van der Waals surface area contributed by atoms with Crippen LogP contribution < -0.4 is 4.72 Å². The van der Waals surface area contributed by atoms with Crippen LogP contribution in [0.4, 0.5) is 8.78 Å². The number of hydrogen-bond acceptors (Lipinski definition) is 3. The number of fused-ring (bicyclic) bond motifs is 1. The van der Waals surface area contributed by atoms with E-state index in [0.29, 0.717) is 0 Å². The molecule has 9 heteroatoms. The maximum atomic E-state index is 13.7. The Bertz CT molecular complexity index is 853. The predicted octanol–water partition coefficient (Wildman–Crippen LogP) is 2.30. The molecule has 0 atom stereocenters. The standard InChI is InChI=1S/C12H15F2N3O2S2/c1-12(2,16-21(3,18)19)6-17-9-5-7(13)4-8(14)10(9)15-11(17)20/h4-5,16H,6H2,1-3H3,(H,15,20). The van der Waals surface area contributed by atoms with Crippen LogP contribution in [-0.4, -0.2) is 29.8 Å². The first-order chi connectivity index (χ1) is 9.48. The number of benzene rings is 1. The molecular weight excluding hydrogens is 320 g/mol. The molecule has 0 saturated heterocycles. The summed E-state index contributed by atoms with van der Waals surface area (Å²) < 4.78 is 53.9. The number of sulfonamides is 1. The van der Waals surface area contributed by atoms with Crippen LogP contribution >= 0.6 is 12.2 Å². The summed E-state index contributed by atoms with van der Waals surface area (Å²) in [7, 11) is -3.42. The van der Waals surface area contributed by atoms with Crippen LogP contribution in [0.25, 0.3) is 11.0 Å². The third-order valence-electron chi connectivity index (χ3n) is 2.82. The van der Waals surface area contributed by atoms with Crippen LogP contribution in [-0.2, 0) is 16.6 Å². The van der Waals surface area contributed by atoms with Gasteiger partial charge in [0, 0.05) is 18.2 Å². The van der Waals surface area contributed by atoms with Gasteiger partial charge in [0.1, 0.15) is 11.3 Å². The van der Waals surface area contributed by atoms with Gasteiger partial charge in [0.05, 0.1) is 11.8 Å². The highest BCUT2D eigenvalue weighted by Gasteiger charge is 2.24. The fourth-order valence-corrected chi connectivity index (χ4v) is 3.60. The molecule has 0 saturated carbocycles. The number of rotatable bonds is 4. The number of nitrogens with one attached hydrogen (secondary N) is 2. The molecule has 5 nitrogen and oxygen atoms in total. The lowest BCUT2D eigenvalue weighted by Crippen LogP contribution is -2.46. The number of hydrogen-bond donors (Lipinski definition) is 2. The fraction of sp³-hybridized carbons (Fsp3) is 0.417. The van der Waals surface area contributed by atoms with Crippen molar-refractivity contribution in [1.82, 2.24) is 14.3 Å². The molecule has 1 aromatic heterocycles. The molecule has 0 aliphatic carbocycles. The van der Waals surface area contributed by atoms with Crippen molar-refractivity contribution < 1.29 is 17.2 Å². The summed E-state index contributed by atoms with van der Waals surface area (Å²) in [6, 6.07) is 1.92. The third kappa shape index (κ3) is 3.66. The zero-order valence-corrected chi connectivity index (χ0v) is 13.3. The van der Waals surface area contributed by atoms with E-state index >= 15 is 0 Å². The predicted molar refractivity (Wildman–Crippen MR) is 79.1 cm³/mol. The minimum Gasteiger partial charge on any atom is -0.328 e. The largest absolute Gasteiger partial charge is 0.328 e. The van der Waals surface area contributed by atoms with Gasteiger partial charge in [-0.3, -0.25) is 0 Å². The molecule has 0 bridgehead atoms. The van der Waals surface area contributed by atoms with Crippen LogP contribution in [0, 0.1) is 16.4 Å². The lowest BCUT2D eigenvalue weighted by Gasteiger charge is -2.25. The molecule has 0 unspecified atom stereocenters. The summed E-state index contributed by atoms with van der Waals surface area (Å²) in [5.41, 5.74) is -0.526. The molecule has 2 rings (SSSR count). The number of nitrogens with zero attached hydrogens (tertiary/aromatic N) is 1. The van der Waals surface area contributed by atoms with Gasteiger partial charge in [0.15, 0.2) is 10.6 Å². The van der Waals surface area contributed by atoms with Gasteiger partial charge in [-0.2, -0.15) is 0 Å². The average Bonchev–Trinajstić information content (AvgIpc) is 2.53. The van der Waals surface area contributed by atoms with E-state index in [2.05, 4.69) is 9.71 Å². The molecular formula is C12H15F2N3O2S2. The Morgan fingerprint density at radius 1 is 1.38 bits per heavy atom. The zero-order valence-electron chi connectivity index (χ0n) is 11.7. The van der Waals surface area contributed by atoms with Gasteiger partial charge in [-0.25, -0.2) is 21.9 Å². The SMILES string of the molecule is CC(C)(Cn1c(=S)[nH]c2c(F)cc(F)cc21)NS(C)(=O)=O. The smallest absolute Gasteiger partial charge is 0.209 e. The lowest BCUT2D eigenvalue weighted by molar-refractivity contribution is 0.394. The molecule has 1 heterocycles. The van der Waals surface area contributed by atoms with Crippen molar-refractivity contribution >= 4 is 33.3 Å². The maximum absolute atomic E-state index is 13.7. The molecule has 0 fully saturated rings. The van der Waals surface area contributed by atoms with E-state index in [4.69, 9.17) is 12.2 Å². The number of halogens is 2. The van der Waals surface area contributed by atoms with E-state index in [1.165, 1.54) is 4.57 Å². The number of aromatic nitrogens is 2. The normalized spacial score (nSPS) is 13.0. The quantitative estimate of drug-likeness (QED) is 0.843. The second-order valence-electron chi connectivity index (χ2n) is 5.56. The van der Waals surface area contributed by atoms with Crippen LogP contribution in [0.15, 0.2) is 12.1 Å². The Hall–Kier alpha value is -1.32. The Morgan fingerprint density at radius 3 is 2.57 bits per heavy atom.